The Labute approximate surface area is 214 Å². The lowest BCUT2D eigenvalue weighted by atomic mass is 9.79. The predicted octanol–water partition coefficient (Wildman–Crippen LogP) is 4.02. The van der Waals surface area contributed by atoms with Crippen molar-refractivity contribution < 1.29 is 23.9 Å². The lowest BCUT2D eigenvalue weighted by Crippen LogP contribution is -2.40. The molecule has 7 nitrogen and oxygen atoms in total. The summed E-state index contributed by atoms with van der Waals surface area (Å²) in [5, 5.41) is 5.82. The molecule has 1 heterocycles. The first-order valence-corrected chi connectivity index (χ1v) is 11.9. The van der Waals surface area contributed by atoms with Crippen LogP contribution >= 0.6 is 24.2 Å². The van der Waals surface area contributed by atoms with Crippen molar-refractivity contribution in [1.82, 2.24) is 10.6 Å². The average molecular weight is 515 g/mol. The molecule has 0 aliphatic carbocycles. The van der Waals surface area contributed by atoms with Crippen molar-refractivity contribution in [2.24, 2.45) is 0 Å². The highest BCUT2D eigenvalue weighted by atomic mass is 35.5. The molecule has 2 aromatic rings. The number of methoxy groups -OCH3 is 1. The van der Waals surface area contributed by atoms with Gasteiger partial charge in [0, 0.05) is 28.5 Å². The average Bonchev–Trinajstić information content (AvgIpc) is 2.86. The van der Waals surface area contributed by atoms with Crippen LogP contribution < -0.4 is 10.6 Å². The number of thiol groups is 1. The van der Waals surface area contributed by atoms with E-state index in [1.54, 1.807) is 62.4 Å². The summed E-state index contributed by atoms with van der Waals surface area (Å²) in [6, 6.07) is 15.7. The van der Waals surface area contributed by atoms with Crippen molar-refractivity contribution in [2.75, 3.05) is 20.3 Å². The fourth-order valence-corrected chi connectivity index (χ4v) is 4.43. The molecule has 2 unspecified atom stereocenters. The molecule has 2 N–H and O–H groups in total. The molecule has 9 heteroatoms. The number of carbonyl (C=O) groups excluding carboxylic acids is 3. The fraction of sp³-hybridized carbons (Fsp3) is 0.269. The quantitative estimate of drug-likeness (QED) is 0.364. The Hall–Kier alpha value is -3.23. The van der Waals surface area contributed by atoms with Crippen LogP contribution in [0.2, 0.25) is 5.02 Å². The Morgan fingerprint density at radius 3 is 2.43 bits per heavy atom. The first-order valence-electron chi connectivity index (χ1n) is 11.0. The molecule has 0 aromatic heterocycles. The maximum absolute atomic E-state index is 13.3. The zero-order valence-corrected chi connectivity index (χ0v) is 21.3. The number of nitrogens with one attached hydrogen (secondary N) is 2. The summed E-state index contributed by atoms with van der Waals surface area (Å²) in [4.78, 5) is 38.6. The first kappa shape index (κ1) is 26.4. The van der Waals surface area contributed by atoms with Gasteiger partial charge in [0.05, 0.1) is 36.0 Å². The van der Waals surface area contributed by atoms with Gasteiger partial charge < -0.3 is 20.1 Å². The highest BCUT2D eigenvalue weighted by Gasteiger charge is 2.40. The zero-order chi connectivity index (χ0) is 25.5. The summed E-state index contributed by atoms with van der Waals surface area (Å²) in [6.07, 6.45) is 0. The van der Waals surface area contributed by atoms with Crippen LogP contribution in [0.15, 0.2) is 77.1 Å². The van der Waals surface area contributed by atoms with E-state index in [0.717, 1.165) is 0 Å². The summed E-state index contributed by atoms with van der Waals surface area (Å²) in [5.74, 6) is -2.28. The number of ether oxygens (including phenoxy) is 2. The van der Waals surface area contributed by atoms with Crippen molar-refractivity contribution in [3.63, 3.8) is 0 Å². The Morgan fingerprint density at radius 1 is 1.09 bits per heavy atom. The van der Waals surface area contributed by atoms with Crippen LogP contribution in [0.5, 0.6) is 0 Å². The van der Waals surface area contributed by atoms with Crippen LogP contribution in [-0.4, -0.2) is 43.4 Å². The molecule has 0 fully saturated rings. The van der Waals surface area contributed by atoms with Gasteiger partial charge in [0.25, 0.3) is 5.91 Å². The van der Waals surface area contributed by atoms with E-state index in [9.17, 15) is 14.4 Å². The number of halogens is 1. The van der Waals surface area contributed by atoms with Gasteiger partial charge in [0.15, 0.2) is 0 Å². The first-order chi connectivity index (χ1) is 16.8. The van der Waals surface area contributed by atoms with E-state index in [1.807, 2.05) is 6.07 Å². The number of allylic oxidation sites excluding steroid dienone is 1. The molecular weight excluding hydrogens is 488 g/mol. The van der Waals surface area contributed by atoms with Crippen LogP contribution in [0.1, 0.15) is 35.7 Å². The van der Waals surface area contributed by atoms with E-state index < -0.39 is 23.1 Å². The smallest absolute Gasteiger partial charge is 0.336 e. The third kappa shape index (κ3) is 6.07. The Morgan fingerprint density at radius 2 is 1.80 bits per heavy atom. The van der Waals surface area contributed by atoms with Gasteiger partial charge in [-0.25, -0.2) is 9.59 Å². The van der Waals surface area contributed by atoms with Gasteiger partial charge in [-0.15, -0.1) is 0 Å². The number of dihydropyridines is 1. The van der Waals surface area contributed by atoms with E-state index in [-0.39, 0.29) is 30.2 Å². The van der Waals surface area contributed by atoms with Gasteiger partial charge in [0.1, 0.15) is 0 Å². The molecular formula is C26H27ClN2O5S. The molecule has 1 amide bonds. The maximum atomic E-state index is 13.3. The van der Waals surface area contributed by atoms with E-state index in [0.29, 0.717) is 27.5 Å². The van der Waals surface area contributed by atoms with Gasteiger partial charge in [0.2, 0.25) is 0 Å². The van der Waals surface area contributed by atoms with Crippen LogP contribution in [0.3, 0.4) is 0 Å². The number of benzene rings is 2. The second-order valence-electron chi connectivity index (χ2n) is 7.78. The Balaban J connectivity index is 2.06. The van der Waals surface area contributed by atoms with Gasteiger partial charge in [-0.3, -0.25) is 4.79 Å². The second-order valence-corrected chi connectivity index (χ2v) is 8.84. The minimum atomic E-state index is -0.809. The van der Waals surface area contributed by atoms with Crippen molar-refractivity contribution >= 4 is 42.1 Å². The van der Waals surface area contributed by atoms with Crippen molar-refractivity contribution in [2.45, 2.75) is 25.0 Å². The van der Waals surface area contributed by atoms with Gasteiger partial charge in [-0.05, 0) is 43.7 Å². The van der Waals surface area contributed by atoms with Crippen LogP contribution in [0, 0.1) is 0 Å². The molecule has 2 aromatic carbocycles. The lowest BCUT2D eigenvalue weighted by molar-refractivity contribution is -0.139. The van der Waals surface area contributed by atoms with Crippen LogP contribution in [0.25, 0.3) is 0 Å². The largest absolute Gasteiger partial charge is 0.466 e. The predicted molar refractivity (Wildman–Crippen MR) is 137 cm³/mol. The van der Waals surface area contributed by atoms with Gasteiger partial charge in [-0.2, -0.15) is 12.6 Å². The van der Waals surface area contributed by atoms with Crippen LogP contribution in [0.4, 0.5) is 0 Å². The fourth-order valence-electron chi connectivity index (χ4n) is 3.94. The highest BCUT2D eigenvalue weighted by Crippen LogP contribution is 2.41. The van der Waals surface area contributed by atoms with E-state index in [4.69, 9.17) is 33.7 Å². The minimum absolute atomic E-state index is 0.116. The molecule has 35 heavy (non-hydrogen) atoms. The van der Waals surface area contributed by atoms with Crippen molar-refractivity contribution in [3.05, 3.63) is 93.3 Å². The SMILES string of the molecule is CCOC(=O)C1=C(C(S)CNC(=O)c2ccccc2)NC(C)=C(C(=O)OC)C1c1cccc(Cl)c1. The van der Waals surface area contributed by atoms with E-state index >= 15 is 0 Å². The monoisotopic (exact) mass is 514 g/mol. The summed E-state index contributed by atoms with van der Waals surface area (Å²) in [5.41, 5.74) is 2.51. The summed E-state index contributed by atoms with van der Waals surface area (Å²) in [6.45, 7) is 3.67. The molecule has 1 aliphatic heterocycles. The molecule has 2 atom stereocenters. The molecule has 0 spiro atoms. The molecule has 1 aliphatic rings. The number of carbonyl (C=O) groups is 3. The molecule has 3 rings (SSSR count). The van der Waals surface area contributed by atoms with Crippen molar-refractivity contribution in [3.8, 4) is 0 Å². The van der Waals surface area contributed by atoms with Crippen LogP contribution in [-0.2, 0) is 19.1 Å². The highest BCUT2D eigenvalue weighted by molar-refractivity contribution is 7.81. The van der Waals surface area contributed by atoms with Crippen molar-refractivity contribution in [1.29, 1.82) is 0 Å². The number of esters is 2. The number of hydrogen-bond donors (Lipinski definition) is 3. The summed E-state index contributed by atoms with van der Waals surface area (Å²) in [7, 11) is 1.28. The zero-order valence-electron chi connectivity index (χ0n) is 19.6. The molecule has 0 saturated carbocycles. The third-order valence-corrected chi connectivity index (χ3v) is 6.18. The van der Waals surface area contributed by atoms with E-state index in [1.165, 1.54) is 7.11 Å². The second kappa shape index (κ2) is 12.0. The topological polar surface area (TPSA) is 93.7 Å². The Bertz CT molecular complexity index is 1180. The van der Waals surface area contributed by atoms with Gasteiger partial charge in [-0.1, -0.05) is 41.9 Å². The lowest BCUT2D eigenvalue weighted by Gasteiger charge is -2.33. The molecule has 0 radical (unpaired) electrons. The van der Waals surface area contributed by atoms with E-state index in [2.05, 4.69) is 10.6 Å². The number of amides is 1. The molecule has 184 valence electrons. The summed E-state index contributed by atoms with van der Waals surface area (Å²) < 4.78 is 10.4. The maximum Gasteiger partial charge on any atom is 0.336 e. The normalized spacial score (nSPS) is 16.3. The molecule has 0 bridgehead atoms. The number of rotatable bonds is 8. The number of hydrogen-bond acceptors (Lipinski definition) is 7. The third-order valence-electron chi connectivity index (χ3n) is 5.50. The molecule has 0 saturated heterocycles. The standard InChI is InChI=1S/C26H27ClN2O5S/c1-4-34-26(32)22-21(17-11-8-12-18(27)13-17)20(25(31)33-3)15(2)29-23(22)19(35)14-28-24(30)16-9-6-5-7-10-16/h5-13,19,21,29,35H,4,14H2,1-3H3,(H,28,30). The van der Waals surface area contributed by atoms with Gasteiger partial charge >= 0.3 is 11.9 Å². The minimum Gasteiger partial charge on any atom is -0.466 e. The summed E-state index contributed by atoms with van der Waals surface area (Å²) >= 11 is 10.9. The Kier molecular flexibility index (Phi) is 9.01.